The second-order valence-electron chi connectivity index (χ2n) is 6.94. The summed E-state index contributed by atoms with van der Waals surface area (Å²) in [7, 11) is 1.63. The lowest BCUT2D eigenvalue weighted by atomic mass is 10.1. The molecule has 1 N–H and O–H groups in total. The van der Waals surface area contributed by atoms with Crippen molar-refractivity contribution in [2.24, 2.45) is 0 Å². The van der Waals surface area contributed by atoms with Gasteiger partial charge < -0.3 is 9.47 Å². The van der Waals surface area contributed by atoms with Gasteiger partial charge in [-0.2, -0.15) is 4.98 Å². The number of hydrogen-bond donors (Lipinski definition) is 1. The van der Waals surface area contributed by atoms with E-state index >= 15 is 0 Å². The molecule has 0 saturated carbocycles. The summed E-state index contributed by atoms with van der Waals surface area (Å²) < 4.78 is 12.9. The molecule has 4 aromatic rings. The summed E-state index contributed by atoms with van der Waals surface area (Å²) in [6.45, 7) is 5.85. The number of nitrogens with zero attached hydrogens (tertiary/aromatic N) is 3. The number of para-hydroxylation sites is 1. The van der Waals surface area contributed by atoms with Gasteiger partial charge >= 0.3 is 0 Å². The molecule has 0 unspecified atom stereocenters. The normalized spacial score (nSPS) is 10.9. The van der Waals surface area contributed by atoms with E-state index < -0.39 is 0 Å². The highest BCUT2D eigenvalue weighted by atomic mass is 32.1. The Balaban J connectivity index is 1.51. The Kier molecular flexibility index (Phi) is 5.41. The molecular formula is C22H22N4O3S. The van der Waals surface area contributed by atoms with Crippen molar-refractivity contribution in [3.8, 4) is 22.8 Å². The van der Waals surface area contributed by atoms with Crippen molar-refractivity contribution < 1.29 is 14.3 Å². The van der Waals surface area contributed by atoms with Gasteiger partial charge in [-0.25, -0.2) is 4.52 Å². The molecule has 154 valence electrons. The monoisotopic (exact) mass is 422 g/mol. The molecule has 0 aliphatic rings. The van der Waals surface area contributed by atoms with Gasteiger partial charge in [0.2, 0.25) is 4.96 Å². The SMILES string of the molecule is COc1ccccc1-c1csc2nc(NC(=O)COc3c(C)ccc(C)c3C)nn12. The van der Waals surface area contributed by atoms with Crippen LogP contribution in [0.4, 0.5) is 5.95 Å². The van der Waals surface area contributed by atoms with Gasteiger partial charge in [0, 0.05) is 10.9 Å². The van der Waals surface area contributed by atoms with Crippen LogP contribution in [0.15, 0.2) is 41.8 Å². The largest absolute Gasteiger partial charge is 0.496 e. The quantitative estimate of drug-likeness (QED) is 0.498. The maximum atomic E-state index is 12.4. The Hall–Kier alpha value is -3.39. The van der Waals surface area contributed by atoms with E-state index in [1.54, 1.807) is 11.6 Å². The van der Waals surface area contributed by atoms with Gasteiger partial charge in [0.1, 0.15) is 11.5 Å². The zero-order valence-corrected chi connectivity index (χ0v) is 18.0. The van der Waals surface area contributed by atoms with Crippen LogP contribution in [-0.4, -0.2) is 34.2 Å². The molecule has 0 fully saturated rings. The molecule has 4 rings (SSSR count). The van der Waals surface area contributed by atoms with E-state index in [0.29, 0.717) is 4.96 Å². The van der Waals surface area contributed by atoms with Gasteiger partial charge in [-0.15, -0.1) is 16.4 Å². The first kappa shape index (κ1) is 19.9. The molecule has 7 nitrogen and oxygen atoms in total. The number of aryl methyl sites for hydroxylation is 2. The third kappa shape index (κ3) is 3.73. The van der Waals surface area contributed by atoms with Crippen LogP contribution in [0, 0.1) is 20.8 Å². The number of rotatable bonds is 6. The lowest BCUT2D eigenvalue weighted by Gasteiger charge is -2.13. The first-order valence-corrected chi connectivity index (χ1v) is 10.3. The first-order valence-electron chi connectivity index (χ1n) is 9.45. The second kappa shape index (κ2) is 8.16. The maximum Gasteiger partial charge on any atom is 0.264 e. The van der Waals surface area contributed by atoms with Gasteiger partial charge in [-0.05, 0) is 49.6 Å². The summed E-state index contributed by atoms with van der Waals surface area (Å²) in [6.07, 6.45) is 0. The summed E-state index contributed by atoms with van der Waals surface area (Å²) in [5.41, 5.74) is 4.90. The van der Waals surface area contributed by atoms with Crippen LogP contribution in [0.25, 0.3) is 16.2 Å². The fourth-order valence-corrected chi connectivity index (χ4v) is 4.04. The average molecular weight is 423 g/mol. The number of methoxy groups -OCH3 is 1. The molecule has 2 aromatic heterocycles. The van der Waals surface area contributed by atoms with E-state index in [0.717, 1.165) is 39.4 Å². The number of hydrogen-bond acceptors (Lipinski definition) is 6. The van der Waals surface area contributed by atoms with Crippen LogP contribution in [0.1, 0.15) is 16.7 Å². The molecule has 0 aliphatic heterocycles. The predicted octanol–water partition coefficient (Wildman–Crippen LogP) is 4.41. The molecule has 0 saturated heterocycles. The highest BCUT2D eigenvalue weighted by Crippen LogP contribution is 2.32. The zero-order chi connectivity index (χ0) is 21.3. The smallest absolute Gasteiger partial charge is 0.264 e. The Morgan fingerprint density at radius 3 is 2.70 bits per heavy atom. The molecular weight excluding hydrogens is 400 g/mol. The summed E-state index contributed by atoms with van der Waals surface area (Å²) in [5, 5.41) is 9.12. The Bertz CT molecular complexity index is 1230. The minimum atomic E-state index is -0.313. The van der Waals surface area contributed by atoms with Crippen LogP contribution >= 0.6 is 11.3 Å². The van der Waals surface area contributed by atoms with Gasteiger partial charge in [-0.1, -0.05) is 24.3 Å². The maximum absolute atomic E-state index is 12.4. The summed E-state index contributed by atoms with van der Waals surface area (Å²) >= 11 is 1.44. The Labute approximate surface area is 178 Å². The molecule has 2 aromatic carbocycles. The number of carbonyl (C=O) groups excluding carboxylic acids is 1. The number of aromatic nitrogens is 3. The van der Waals surface area contributed by atoms with Gasteiger partial charge in [-0.3, -0.25) is 10.1 Å². The van der Waals surface area contributed by atoms with Crippen LogP contribution in [0.2, 0.25) is 0 Å². The van der Waals surface area contributed by atoms with Crippen LogP contribution in [0.5, 0.6) is 11.5 Å². The number of thiazole rings is 1. The average Bonchev–Trinajstić information content (AvgIpc) is 3.31. The fourth-order valence-electron chi connectivity index (χ4n) is 3.22. The van der Waals surface area contributed by atoms with E-state index in [1.165, 1.54) is 11.3 Å². The van der Waals surface area contributed by atoms with Crippen molar-refractivity contribution in [2.75, 3.05) is 19.0 Å². The molecule has 0 aliphatic carbocycles. The number of anilines is 1. The van der Waals surface area contributed by atoms with Crippen molar-refractivity contribution in [1.82, 2.24) is 14.6 Å². The van der Waals surface area contributed by atoms with Gasteiger partial charge in [0.25, 0.3) is 11.9 Å². The minimum absolute atomic E-state index is 0.114. The highest BCUT2D eigenvalue weighted by molar-refractivity contribution is 7.15. The van der Waals surface area contributed by atoms with E-state index in [1.807, 2.05) is 62.5 Å². The zero-order valence-electron chi connectivity index (χ0n) is 17.2. The molecule has 0 bridgehead atoms. The van der Waals surface area contributed by atoms with Crippen LogP contribution in [-0.2, 0) is 4.79 Å². The van der Waals surface area contributed by atoms with Crippen molar-refractivity contribution in [3.05, 3.63) is 58.5 Å². The predicted molar refractivity (Wildman–Crippen MR) is 118 cm³/mol. The minimum Gasteiger partial charge on any atom is -0.496 e. The number of nitrogens with one attached hydrogen (secondary N) is 1. The van der Waals surface area contributed by atoms with Crippen molar-refractivity contribution in [2.45, 2.75) is 20.8 Å². The van der Waals surface area contributed by atoms with E-state index in [4.69, 9.17) is 9.47 Å². The lowest BCUT2D eigenvalue weighted by molar-refractivity contribution is -0.118. The summed E-state index contributed by atoms with van der Waals surface area (Å²) in [5.74, 6) is 1.41. The fraction of sp³-hybridized carbons (Fsp3) is 0.227. The second-order valence-corrected chi connectivity index (χ2v) is 7.78. The van der Waals surface area contributed by atoms with Crippen molar-refractivity contribution >= 4 is 28.2 Å². The third-order valence-corrected chi connectivity index (χ3v) is 5.75. The summed E-state index contributed by atoms with van der Waals surface area (Å²) in [4.78, 5) is 17.5. The summed E-state index contributed by atoms with van der Waals surface area (Å²) in [6, 6.07) is 11.7. The topological polar surface area (TPSA) is 77.8 Å². The van der Waals surface area contributed by atoms with E-state index in [9.17, 15) is 4.79 Å². The lowest BCUT2D eigenvalue weighted by Crippen LogP contribution is -2.21. The molecule has 8 heteroatoms. The van der Waals surface area contributed by atoms with Crippen molar-refractivity contribution in [1.29, 1.82) is 0 Å². The number of amides is 1. The number of carbonyl (C=O) groups is 1. The Morgan fingerprint density at radius 2 is 1.90 bits per heavy atom. The van der Waals surface area contributed by atoms with E-state index in [-0.39, 0.29) is 18.5 Å². The molecule has 1 amide bonds. The van der Waals surface area contributed by atoms with Gasteiger partial charge in [0.15, 0.2) is 6.61 Å². The van der Waals surface area contributed by atoms with E-state index in [2.05, 4.69) is 15.4 Å². The van der Waals surface area contributed by atoms with Gasteiger partial charge in [0.05, 0.1) is 12.8 Å². The highest BCUT2D eigenvalue weighted by Gasteiger charge is 2.16. The number of benzene rings is 2. The first-order chi connectivity index (χ1) is 14.5. The molecule has 30 heavy (non-hydrogen) atoms. The van der Waals surface area contributed by atoms with Crippen LogP contribution < -0.4 is 14.8 Å². The number of ether oxygens (including phenoxy) is 2. The molecule has 2 heterocycles. The molecule has 0 radical (unpaired) electrons. The number of fused-ring (bicyclic) bond motifs is 1. The molecule has 0 atom stereocenters. The third-order valence-electron chi connectivity index (χ3n) is 4.94. The van der Waals surface area contributed by atoms with Crippen LogP contribution in [0.3, 0.4) is 0 Å². The molecule has 0 spiro atoms. The Morgan fingerprint density at radius 1 is 1.13 bits per heavy atom. The van der Waals surface area contributed by atoms with Crippen molar-refractivity contribution in [3.63, 3.8) is 0 Å². The standard InChI is InChI=1S/C22H22N4O3S/c1-13-9-10-14(2)20(15(13)3)29-11-19(27)23-21-24-22-26(25-21)17(12-30-22)16-7-5-6-8-18(16)28-4/h5-10,12H,11H2,1-4H3,(H,23,25,27).